The van der Waals surface area contributed by atoms with Crippen LogP contribution in [-0.2, 0) is 0 Å². The molecule has 1 aromatic carbocycles. The Hall–Kier alpha value is -1.88. The summed E-state index contributed by atoms with van der Waals surface area (Å²) in [4.78, 5) is 15.7. The van der Waals surface area contributed by atoms with Gasteiger partial charge in [0.25, 0.3) is 0 Å². The second kappa shape index (κ2) is 5.64. The Morgan fingerprint density at radius 3 is 2.78 bits per heavy atom. The largest absolute Gasteiger partial charge is 0.323 e. The summed E-state index contributed by atoms with van der Waals surface area (Å²) in [5, 5.41) is 5.46. The van der Waals surface area contributed by atoms with Crippen molar-refractivity contribution in [2.45, 2.75) is 6.92 Å². The second-order valence-corrected chi connectivity index (χ2v) is 4.66. The molecule has 0 saturated carbocycles. The number of aromatic nitrogens is 1. The monoisotopic (exact) mass is 305 g/mol. The molecule has 2 amide bonds. The number of amides is 2. The van der Waals surface area contributed by atoms with Gasteiger partial charge < -0.3 is 10.6 Å². The van der Waals surface area contributed by atoms with Gasteiger partial charge >= 0.3 is 6.03 Å². The van der Waals surface area contributed by atoms with Crippen LogP contribution >= 0.6 is 15.9 Å². The summed E-state index contributed by atoms with van der Waals surface area (Å²) >= 11 is 3.41. The van der Waals surface area contributed by atoms with Gasteiger partial charge in [-0.15, -0.1) is 0 Å². The lowest BCUT2D eigenvalue weighted by molar-refractivity contribution is 0.262. The normalized spacial score (nSPS) is 9.89. The van der Waals surface area contributed by atoms with Crippen molar-refractivity contribution in [1.29, 1.82) is 0 Å². The first-order valence-electron chi connectivity index (χ1n) is 5.39. The molecule has 0 unspecified atom stereocenters. The minimum Gasteiger partial charge on any atom is -0.307 e. The lowest BCUT2D eigenvalue weighted by atomic mass is 10.2. The number of carbonyl (C=O) groups is 1. The third kappa shape index (κ3) is 3.30. The zero-order valence-corrected chi connectivity index (χ0v) is 11.4. The molecule has 92 valence electrons. The predicted molar refractivity (Wildman–Crippen MR) is 75.8 cm³/mol. The van der Waals surface area contributed by atoms with Crippen LogP contribution < -0.4 is 10.6 Å². The maximum Gasteiger partial charge on any atom is 0.323 e. The van der Waals surface area contributed by atoms with Crippen LogP contribution in [0.1, 0.15) is 5.56 Å². The SMILES string of the molecule is Cc1ccc(NC(=O)Nc2cccnc2)c(Br)c1. The molecule has 0 radical (unpaired) electrons. The average molecular weight is 306 g/mol. The number of halogens is 1. The second-order valence-electron chi connectivity index (χ2n) is 3.80. The first-order chi connectivity index (χ1) is 8.65. The Kier molecular flexibility index (Phi) is 3.94. The molecule has 0 fully saturated rings. The van der Waals surface area contributed by atoms with E-state index in [2.05, 4.69) is 31.5 Å². The number of anilines is 2. The van der Waals surface area contributed by atoms with Gasteiger partial charge in [0.05, 0.1) is 17.6 Å². The minimum atomic E-state index is -0.299. The number of nitrogens with one attached hydrogen (secondary N) is 2. The van der Waals surface area contributed by atoms with Crippen molar-refractivity contribution in [2.24, 2.45) is 0 Å². The maximum absolute atomic E-state index is 11.7. The van der Waals surface area contributed by atoms with Crippen LogP contribution in [0.25, 0.3) is 0 Å². The van der Waals surface area contributed by atoms with E-state index in [-0.39, 0.29) is 6.03 Å². The van der Waals surface area contributed by atoms with E-state index < -0.39 is 0 Å². The van der Waals surface area contributed by atoms with Crippen molar-refractivity contribution in [1.82, 2.24) is 4.98 Å². The summed E-state index contributed by atoms with van der Waals surface area (Å²) in [7, 11) is 0. The fraction of sp³-hybridized carbons (Fsp3) is 0.0769. The van der Waals surface area contributed by atoms with Gasteiger partial charge in [-0.2, -0.15) is 0 Å². The molecule has 0 aliphatic carbocycles. The Morgan fingerprint density at radius 2 is 2.11 bits per heavy atom. The van der Waals surface area contributed by atoms with Crippen molar-refractivity contribution in [3.8, 4) is 0 Å². The van der Waals surface area contributed by atoms with Gasteiger partial charge in [0.15, 0.2) is 0 Å². The third-order valence-electron chi connectivity index (χ3n) is 2.29. The Bertz CT molecular complexity index is 557. The number of urea groups is 1. The zero-order valence-electron chi connectivity index (χ0n) is 9.77. The van der Waals surface area contributed by atoms with E-state index in [1.54, 1.807) is 24.5 Å². The molecule has 2 N–H and O–H groups in total. The zero-order chi connectivity index (χ0) is 13.0. The van der Waals surface area contributed by atoms with E-state index in [0.717, 1.165) is 15.7 Å². The van der Waals surface area contributed by atoms with Gasteiger partial charge in [0, 0.05) is 10.7 Å². The third-order valence-corrected chi connectivity index (χ3v) is 2.95. The molecule has 0 aliphatic heterocycles. The van der Waals surface area contributed by atoms with Crippen molar-refractivity contribution >= 4 is 33.3 Å². The van der Waals surface area contributed by atoms with Crippen LogP contribution in [-0.4, -0.2) is 11.0 Å². The van der Waals surface area contributed by atoms with Crippen molar-refractivity contribution in [2.75, 3.05) is 10.6 Å². The molecular formula is C13H12BrN3O. The van der Waals surface area contributed by atoms with Gasteiger partial charge in [0.1, 0.15) is 0 Å². The van der Waals surface area contributed by atoms with Crippen LogP contribution in [0.2, 0.25) is 0 Å². The molecule has 18 heavy (non-hydrogen) atoms. The Balaban J connectivity index is 2.03. The molecule has 0 atom stereocenters. The van der Waals surface area contributed by atoms with Crippen LogP contribution in [0.3, 0.4) is 0 Å². The Morgan fingerprint density at radius 1 is 1.28 bits per heavy atom. The van der Waals surface area contributed by atoms with Crippen molar-refractivity contribution in [3.05, 3.63) is 52.8 Å². The smallest absolute Gasteiger partial charge is 0.307 e. The summed E-state index contributed by atoms with van der Waals surface area (Å²) in [6.45, 7) is 1.99. The highest BCUT2D eigenvalue weighted by Gasteiger charge is 2.05. The molecule has 5 heteroatoms. The number of pyridine rings is 1. The number of carbonyl (C=O) groups excluding carboxylic acids is 1. The highest BCUT2D eigenvalue weighted by atomic mass is 79.9. The molecule has 1 aromatic heterocycles. The summed E-state index contributed by atoms with van der Waals surface area (Å²) < 4.78 is 0.851. The van der Waals surface area contributed by atoms with E-state index in [9.17, 15) is 4.79 Å². The number of aryl methyl sites for hydroxylation is 1. The Labute approximate surface area is 114 Å². The molecule has 0 spiro atoms. The summed E-state index contributed by atoms with van der Waals surface area (Å²) in [5.74, 6) is 0. The predicted octanol–water partition coefficient (Wildman–Crippen LogP) is 3.80. The summed E-state index contributed by atoms with van der Waals surface area (Å²) in [6.07, 6.45) is 3.24. The van der Waals surface area contributed by atoms with E-state index in [0.29, 0.717) is 5.69 Å². The highest BCUT2D eigenvalue weighted by Crippen LogP contribution is 2.23. The number of nitrogens with zero attached hydrogens (tertiary/aromatic N) is 1. The first kappa shape index (κ1) is 12.6. The van der Waals surface area contributed by atoms with Crippen LogP contribution in [0.5, 0.6) is 0 Å². The molecule has 4 nitrogen and oxygen atoms in total. The fourth-order valence-corrected chi connectivity index (χ4v) is 2.04. The molecular weight excluding hydrogens is 294 g/mol. The van der Waals surface area contributed by atoms with Gasteiger partial charge in [-0.25, -0.2) is 4.79 Å². The van der Waals surface area contributed by atoms with E-state index in [1.165, 1.54) is 0 Å². The number of rotatable bonds is 2. The molecule has 2 rings (SSSR count). The number of hydrogen-bond donors (Lipinski definition) is 2. The number of hydrogen-bond acceptors (Lipinski definition) is 2. The van der Waals surface area contributed by atoms with Crippen LogP contribution in [0.4, 0.5) is 16.2 Å². The average Bonchev–Trinajstić information content (AvgIpc) is 2.34. The van der Waals surface area contributed by atoms with E-state index in [1.807, 2.05) is 25.1 Å². The van der Waals surface area contributed by atoms with Crippen molar-refractivity contribution < 1.29 is 4.79 Å². The quantitative estimate of drug-likeness (QED) is 0.886. The first-order valence-corrected chi connectivity index (χ1v) is 6.18. The van der Waals surface area contributed by atoms with Crippen LogP contribution in [0, 0.1) is 6.92 Å². The topological polar surface area (TPSA) is 54.0 Å². The van der Waals surface area contributed by atoms with E-state index in [4.69, 9.17) is 0 Å². The maximum atomic E-state index is 11.7. The van der Waals surface area contributed by atoms with Gasteiger partial charge in [0.2, 0.25) is 0 Å². The fourth-order valence-electron chi connectivity index (χ4n) is 1.44. The standard InChI is InChI=1S/C13H12BrN3O/c1-9-4-5-12(11(14)7-9)17-13(18)16-10-3-2-6-15-8-10/h2-8H,1H3,(H2,16,17,18). The molecule has 0 aliphatic rings. The summed E-state index contributed by atoms with van der Waals surface area (Å²) in [5.41, 5.74) is 2.50. The van der Waals surface area contributed by atoms with Crippen molar-refractivity contribution in [3.63, 3.8) is 0 Å². The minimum absolute atomic E-state index is 0.299. The van der Waals surface area contributed by atoms with Gasteiger partial charge in [-0.1, -0.05) is 6.07 Å². The molecule has 0 saturated heterocycles. The van der Waals surface area contributed by atoms with Crippen LogP contribution in [0.15, 0.2) is 47.2 Å². The van der Waals surface area contributed by atoms with E-state index >= 15 is 0 Å². The highest BCUT2D eigenvalue weighted by molar-refractivity contribution is 9.10. The lowest BCUT2D eigenvalue weighted by Crippen LogP contribution is -2.19. The number of benzene rings is 1. The molecule has 2 aromatic rings. The summed E-state index contributed by atoms with van der Waals surface area (Å²) in [6, 6.07) is 8.97. The molecule has 1 heterocycles. The lowest BCUT2D eigenvalue weighted by Gasteiger charge is -2.09. The van der Waals surface area contributed by atoms with Gasteiger partial charge in [-0.3, -0.25) is 4.98 Å². The van der Waals surface area contributed by atoms with Gasteiger partial charge in [-0.05, 0) is 52.7 Å². The molecule has 0 bridgehead atoms.